The van der Waals surface area contributed by atoms with Crippen LogP contribution in [0, 0.1) is 22.7 Å². The van der Waals surface area contributed by atoms with Crippen LogP contribution >= 0.6 is 7.14 Å². The van der Waals surface area contributed by atoms with Crippen LogP contribution in [-0.4, -0.2) is 40.8 Å². The topological polar surface area (TPSA) is 52.6 Å². The molecule has 0 radical (unpaired) electrons. The van der Waals surface area contributed by atoms with Gasteiger partial charge in [-0.3, -0.25) is 4.79 Å². The lowest BCUT2D eigenvalue weighted by Gasteiger charge is -2.47. The Labute approximate surface area is 364 Å². The van der Waals surface area contributed by atoms with Crippen LogP contribution in [0.4, 0.5) is 0 Å². The Morgan fingerprint density at radius 3 is 1.71 bits per heavy atom. The van der Waals surface area contributed by atoms with Gasteiger partial charge in [0.2, 0.25) is 0 Å². The minimum atomic E-state index is -2.77. The van der Waals surface area contributed by atoms with Crippen molar-refractivity contribution in [2.75, 3.05) is 6.16 Å². The van der Waals surface area contributed by atoms with Crippen molar-refractivity contribution in [1.82, 2.24) is 0 Å². The Balaban J connectivity index is 0.000000321. The van der Waals surface area contributed by atoms with Crippen molar-refractivity contribution >= 4 is 40.2 Å². The molecular weight excluding hydrogens is 776 g/mol. The number of hydrogen-bond acceptors (Lipinski definition) is 4. The molecule has 59 heavy (non-hydrogen) atoms. The maximum Gasteiger partial charge on any atom is 0.192 e. The van der Waals surface area contributed by atoms with Crippen molar-refractivity contribution in [3.63, 3.8) is 0 Å². The molecule has 0 amide bonds. The monoisotopic (exact) mass is 861 g/mol. The zero-order chi connectivity index (χ0) is 44.2. The molecule has 330 valence electrons. The zero-order valence-corrected chi connectivity index (χ0v) is 43.2. The van der Waals surface area contributed by atoms with Crippen molar-refractivity contribution in [3.8, 4) is 0 Å². The molecule has 0 N–H and O–H groups in total. The predicted molar refractivity (Wildman–Crippen MR) is 261 cm³/mol. The Morgan fingerprint density at radius 2 is 1.27 bits per heavy atom. The van der Waals surface area contributed by atoms with Crippen LogP contribution in [0.25, 0.3) is 0 Å². The number of ketones is 1. The number of allylic oxidation sites excluding steroid dienone is 2. The molecule has 3 aliphatic rings. The second-order valence-electron chi connectivity index (χ2n) is 23.1. The molecule has 4 nitrogen and oxygen atoms in total. The minimum Gasteiger partial charge on any atom is -0.410 e. The Morgan fingerprint density at radius 1 is 0.797 bits per heavy atom. The lowest BCUT2D eigenvalue weighted by atomic mass is 9.66. The predicted octanol–water partition coefficient (Wildman–Crippen LogP) is 14.8. The highest BCUT2D eigenvalue weighted by Gasteiger charge is 2.49. The van der Waals surface area contributed by atoms with E-state index in [1.54, 1.807) is 11.1 Å². The summed E-state index contributed by atoms with van der Waals surface area (Å²) in [5, 5.41) is 2.12. The van der Waals surface area contributed by atoms with E-state index in [1.165, 1.54) is 32.1 Å². The van der Waals surface area contributed by atoms with Crippen LogP contribution in [0.1, 0.15) is 147 Å². The summed E-state index contributed by atoms with van der Waals surface area (Å²) in [5.74, 6) is 1.24. The summed E-state index contributed by atoms with van der Waals surface area (Å²) in [6.07, 6.45) is 12.6. The number of benzene rings is 2. The lowest BCUT2D eigenvalue weighted by Crippen LogP contribution is -2.50. The molecular formula is C52H85O4PSi2. The van der Waals surface area contributed by atoms with Gasteiger partial charge in [-0.15, -0.1) is 0 Å². The summed E-state index contributed by atoms with van der Waals surface area (Å²) in [7, 11) is -6.79. The highest BCUT2D eigenvalue weighted by Crippen LogP contribution is 2.55. The third-order valence-electron chi connectivity index (χ3n) is 15.3. The number of carbonyl (C=O) groups excluding carboxylic acids is 1. The minimum absolute atomic E-state index is 0.0211. The molecule has 3 fully saturated rings. The van der Waals surface area contributed by atoms with E-state index in [-0.39, 0.29) is 27.7 Å². The second-order valence-corrected chi connectivity index (χ2v) is 35.5. The van der Waals surface area contributed by atoms with Crippen molar-refractivity contribution in [3.05, 3.63) is 84.0 Å². The molecule has 0 aliphatic heterocycles. The van der Waals surface area contributed by atoms with Crippen LogP contribution < -0.4 is 10.6 Å². The molecule has 4 atom stereocenters. The molecule has 2 aromatic carbocycles. The van der Waals surface area contributed by atoms with E-state index in [0.29, 0.717) is 29.2 Å². The van der Waals surface area contributed by atoms with Crippen LogP contribution in [0.15, 0.2) is 84.0 Å². The van der Waals surface area contributed by atoms with E-state index in [1.807, 2.05) is 60.7 Å². The average molecular weight is 861 g/mol. The van der Waals surface area contributed by atoms with Crippen LogP contribution in [0.3, 0.4) is 0 Å². The molecule has 2 aromatic rings. The lowest BCUT2D eigenvalue weighted by molar-refractivity contribution is -0.127. The van der Waals surface area contributed by atoms with E-state index in [2.05, 4.69) is 109 Å². The third kappa shape index (κ3) is 12.4. The second kappa shape index (κ2) is 19.3. The van der Waals surface area contributed by atoms with Gasteiger partial charge in [0.25, 0.3) is 0 Å². The third-order valence-corrected chi connectivity index (χ3v) is 27.4. The summed E-state index contributed by atoms with van der Waals surface area (Å²) < 4.78 is 28.8. The summed E-state index contributed by atoms with van der Waals surface area (Å²) in [6, 6.07) is 20.1. The van der Waals surface area contributed by atoms with Crippen LogP contribution in [0.2, 0.25) is 36.3 Å². The Bertz CT molecular complexity index is 1710. The first-order chi connectivity index (χ1) is 27.1. The van der Waals surface area contributed by atoms with Crippen LogP contribution in [0.5, 0.6) is 0 Å². The number of Topliss-reactive ketones (excluding diaryl/α,β-unsaturated/α-hetero) is 1. The molecule has 7 heteroatoms. The molecule has 0 spiro atoms. The van der Waals surface area contributed by atoms with E-state index in [4.69, 9.17) is 8.85 Å². The number of hydrogen-bond donors (Lipinski definition) is 0. The summed E-state index contributed by atoms with van der Waals surface area (Å²) >= 11 is 0. The summed E-state index contributed by atoms with van der Waals surface area (Å²) in [4.78, 5) is 12.2. The first kappa shape index (κ1) is 49.8. The number of carbonyl (C=O) groups is 1. The van der Waals surface area contributed by atoms with Crippen molar-refractivity contribution in [2.24, 2.45) is 22.7 Å². The van der Waals surface area contributed by atoms with Gasteiger partial charge < -0.3 is 13.4 Å². The van der Waals surface area contributed by atoms with E-state index >= 15 is 0 Å². The summed E-state index contributed by atoms with van der Waals surface area (Å²) in [6.45, 7) is 39.3. The molecule has 3 aliphatic carbocycles. The van der Waals surface area contributed by atoms with Gasteiger partial charge in [-0.05, 0) is 130 Å². The maximum absolute atomic E-state index is 14.7. The van der Waals surface area contributed by atoms with Crippen LogP contribution in [-0.2, 0) is 18.2 Å². The normalized spacial score (nSPS) is 25.6. The molecule has 0 aromatic heterocycles. The standard InChI is InChI=1S/C33H53O3PSi2.C19H32O/c1-26-30(35-38(8,9)32(2,3)4)24-27(25-31(26)36-39(10,11)33(5,6)7)22-23-37(34,28-18-14-12-15-19-28)29-20-16-13-17-21-29;1-14(8-6-12-18(2,3)4)15-10-11-16-17(20)9-7-13-19(15,16)5/h12-21,27,30-31H,1,22-25H2,2-11H3;16H,6-13H2,1-5H3/b;15-14-/t30-,31-;16-,19+/m10/s1. The van der Waals surface area contributed by atoms with Gasteiger partial charge in [-0.1, -0.05) is 148 Å². The van der Waals surface area contributed by atoms with Gasteiger partial charge >= 0.3 is 0 Å². The maximum atomic E-state index is 14.7. The fourth-order valence-corrected chi connectivity index (χ4v) is 14.8. The first-order valence-electron chi connectivity index (χ1n) is 23.1. The van der Waals surface area contributed by atoms with Gasteiger partial charge in [0, 0.05) is 29.1 Å². The SMILES string of the molecule is C/C(CCCC(C)(C)C)=C1\CC[C@H]2C(=O)CCC[C@]12C.C=C1[C@H](O[Si](C)(C)C(C)(C)C)CC(CCP(=O)(c2ccccc2)c2ccccc2)C[C@H]1O[Si](C)(C)C(C)(C)C. The fourth-order valence-electron chi connectivity index (χ4n) is 9.35. The average Bonchev–Trinajstić information content (AvgIpc) is 3.50. The Kier molecular flexibility index (Phi) is 16.3. The number of rotatable bonds is 12. The summed E-state index contributed by atoms with van der Waals surface area (Å²) in [5.41, 5.74) is 4.99. The van der Waals surface area contributed by atoms with Crippen molar-refractivity contribution in [1.29, 1.82) is 0 Å². The zero-order valence-electron chi connectivity index (χ0n) is 40.4. The smallest absolute Gasteiger partial charge is 0.192 e. The number of fused-ring (bicyclic) bond motifs is 1. The van der Waals surface area contributed by atoms with Crippen molar-refractivity contribution in [2.45, 2.75) is 195 Å². The quantitative estimate of drug-likeness (QED) is 0.121. The molecule has 0 bridgehead atoms. The van der Waals surface area contributed by atoms with Gasteiger partial charge in [-0.2, -0.15) is 0 Å². The highest BCUT2D eigenvalue weighted by molar-refractivity contribution is 7.78. The van der Waals surface area contributed by atoms with Gasteiger partial charge in [-0.25, -0.2) is 0 Å². The largest absolute Gasteiger partial charge is 0.410 e. The van der Waals surface area contributed by atoms with Gasteiger partial charge in [0.05, 0.1) is 12.2 Å². The first-order valence-corrected chi connectivity index (χ1v) is 30.8. The molecule has 0 saturated heterocycles. The highest BCUT2D eigenvalue weighted by atomic mass is 31.2. The molecule has 5 rings (SSSR count). The van der Waals surface area contributed by atoms with E-state index < -0.39 is 23.8 Å². The van der Waals surface area contributed by atoms with Gasteiger partial charge in [0.1, 0.15) is 12.9 Å². The van der Waals surface area contributed by atoms with E-state index in [0.717, 1.165) is 54.7 Å². The molecule has 0 unspecified atom stereocenters. The molecule has 3 saturated carbocycles. The van der Waals surface area contributed by atoms with Crippen molar-refractivity contribution < 1.29 is 18.2 Å². The fraction of sp³-hybridized carbons (Fsp3) is 0.673. The Hall–Kier alpha value is -1.83. The molecule has 0 heterocycles. The van der Waals surface area contributed by atoms with E-state index in [9.17, 15) is 9.36 Å². The van der Waals surface area contributed by atoms with Gasteiger partial charge in [0.15, 0.2) is 16.6 Å².